The molecule has 0 unspecified atom stereocenters. The molecule has 0 atom stereocenters. The average molecular weight is 608 g/mol. The van der Waals surface area contributed by atoms with Crippen LogP contribution in [0.15, 0.2) is 42.0 Å². The van der Waals surface area contributed by atoms with Crippen molar-refractivity contribution < 1.29 is 18.7 Å². The number of thiocarbonyl (C=S) groups is 1. The molecule has 0 bridgehead atoms. The van der Waals surface area contributed by atoms with Crippen LogP contribution >= 0.6 is 57.4 Å². The van der Waals surface area contributed by atoms with Crippen LogP contribution in [0.3, 0.4) is 0 Å². The van der Waals surface area contributed by atoms with Gasteiger partial charge in [-0.15, -0.1) is 0 Å². The van der Waals surface area contributed by atoms with Crippen LogP contribution in [0.4, 0.5) is 4.39 Å². The predicted octanol–water partition coefficient (Wildman–Crippen LogP) is 3.53. The Balaban J connectivity index is 1.84. The number of amides is 2. The Hall–Kier alpha value is -1.60. The van der Waals surface area contributed by atoms with Crippen LogP contribution in [-0.4, -0.2) is 16.9 Å². The van der Waals surface area contributed by atoms with Crippen molar-refractivity contribution in [2.45, 2.75) is 6.61 Å². The van der Waals surface area contributed by atoms with Crippen LogP contribution < -0.4 is 15.4 Å². The minimum Gasteiger partial charge on any atom is -0.487 e. The van der Waals surface area contributed by atoms with Crippen molar-refractivity contribution >= 4 is 80.4 Å². The maximum Gasteiger partial charge on any atom is 0.263 e. The van der Waals surface area contributed by atoms with E-state index in [0.717, 1.165) is 7.14 Å². The largest absolute Gasteiger partial charge is 0.487 e. The van der Waals surface area contributed by atoms with Gasteiger partial charge in [-0.05, 0) is 87.2 Å². The van der Waals surface area contributed by atoms with E-state index in [0.29, 0.717) is 16.9 Å². The molecule has 138 valence electrons. The molecule has 0 aromatic heterocycles. The van der Waals surface area contributed by atoms with Crippen molar-refractivity contribution in [1.82, 2.24) is 10.6 Å². The molecular formula is C18H11FI2N2O3S. The molecule has 1 heterocycles. The molecule has 1 saturated heterocycles. The highest BCUT2D eigenvalue weighted by molar-refractivity contribution is 14.1. The molecule has 2 N–H and O–H groups in total. The van der Waals surface area contributed by atoms with Gasteiger partial charge < -0.3 is 4.74 Å². The fraction of sp³-hybridized carbons (Fsp3) is 0.0556. The lowest BCUT2D eigenvalue weighted by atomic mass is 10.1. The zero-order chi connectivity index (χ0) is 19.6. The Bertz CT molecular complexity index is 949. The van der Waals surface area contributed by atoms with Gasteiger partial charge >= 0.3 is 0 Å². The number of carbonyl (C=O) groups is 2. The van der Waals surface area contributed by atoms with Crippen molar-refractivity contribution in [2.24, 2.45) is 0 Å². The number of halogens is 3. The van der Waals surface area contributed by atoms with Crippen molar-refractivity contribution in [3.63, 3.8) is 0 Å². The fourth-order valence-corrected chi connectivity index (χ4v) is 4.65. The maximum absolute atomic E-state index is 13.7. The molecule has 3 rings (SSSR count). The summed E-state index contributed by atoms with van der Waals surface area (Å²) in [6.07, 6.45) is 1.48. The highest BCUT2D eigenvalue weighted by Crippen LogP contribution is 2.31. The number of hydrogen-bond donors (Lipinski definition) is 2. The van der Waals surface area contributed by atoms with Crippen molar-refractivity contribution in [3.8, 4) is 5.75 Å². The summed E-state index contributed by atoms with van der Waals surface area (Å²) in [6, 6.07) is 9.98. The molecule has 1 aliphatic rings. The van der Waals surface area contributed by atoms with Gasteiger partial charge in [0.2, 0.25) is 0 Å². The van der Waals surface area contributed by atoms with Crippen molar-refractivity contribution in [2.75, 3.05) is 0 Å². The van der Waals surface area contributed by atoms with Gasteiger partial charge in [-0.2, -0.15) is 0 Å². The number of rotatable bonds is 4. The van der Waals surface area contributed by atoms with Crippen LogP contribution in [0, 0.1) is 13.0 Å². The average Bonchev–Trinajstić information content (AvgIpc) is 2.59. The smallest absolute Gasteiger partial charge is 0.263 e. The highest BCUT2D eigenvalue weighted by atomic mass is 127. The molecule has 2 amide bonds. The van der Waals surface area contributed by atoms with Gasteiger partial charge in [0, 0.05) is 5.56 Å². The summed E-state index contributed by atoms with van der Waals surface area (Å²) in [5.41, 5.74) is 1.09. The van der Waals surface area contributed by atoms with E-state index in [4.69, 9.17) is 17.0 Å². The summed E-state index contributed by atoms with van der Waals surface area (Å²) in [4.78, 5) is 23.9. The predicted molar refractivity (Wildman–Crippen MR) is 119 cm³/mol. The van der Waals surface area contributed by atoms with E-state index in [-0.39, 0.29) is 23.1 Å². The molecule has 0 spiro atoms. The quantitative estimate of drug-likeness (QED) is 0.242. The van der Waals surface area contributed by atoms with Crippen LogP contribution in [0.5, 0.6) is 5.75 Å². The molecule has 0 aliphatic carbocycles. The third-order valence-corrected chi connectivity index (χ3v) is 5.41. The molecule has 2 aromatic carbocycles. The van der Waals surface area contributed by atoms with Gasteiger partial charge in [0.25, 0.3) is 11.8 Å². The van der Waals surface area contributed by atoms with E-state index in [1.165, 1.54) is 12.1 Å². The lowest BCUT2D eigenvalue weighted by Gasteiger charge is -2.17. The third-order valence-electron chi connectivity index (χ3n) is 3.60. The Labute approximate surface area is 187 Å². The number of nitrogens with one attached hydrogen (secondary N) is 2. The summed E-state index contributed by atoms with van der Waals surface area (Å²) in [5.74, 6) is -0.807. The summed E-state index contributed by atoms with van der Waals surface area (Å²) in [6.45, 7) is 0.0986. The van der Waals surface area contributed by atoms with Gasteiger partial charge in [-0.3, -0.25) is 20.2 Å². The molecule has 1 aliphatic heterocycles. The van der Waals surface area contributed by atoms with Gasteiger partial charge in [-0.1, -0.05) is 18.2 Å². The first-order valence-corrected chi connectivity index (χ1v) is 10.2. The Kier molecular flexibility index (Phi) is 6.42. The second-order valence-electron chi connectivity index (χ2n) is 5.49. The zero-order valence-corrected chi connectivity index (χ0v) is 18.6. The minimum atomic E-state index is -0.548. The molecule has 27 heavy (non-hydrogen) atoms. The summed E-state index contributed by atoms with van der Waals surface area (Å²) >= 11 is 8.97. The summed E-state index contributed by atoms with van der Waals surface area (Å²) in [7, 11) is 0. The minimum absolute atomic E-state index is 0.0109. The number of hydrogen-bond acceptors (Lipinski definition) is 4. The second-order valence-corrected chi connectivity index (χ2v) is 8.22. The van der Waals surface area contributed by atoms with Crippen LogP contribution in [-0.2, 0) is 16.2 Å². The lowest BCUT2D eigenvalue weighted by molar-refractivity contribution is -0.123. The van der Waals surface area contributed by atoms with Gasteiger partial charge in [0.15, 0.2) is 5.11 Å². The normalized spacial score (nSPS) is 13.9. The van der Waals surface area contributed by atoms with E-state index >= 15 is 0 Å². The summed E-state index contributed by atoms with van der Waals surface area (Å²) in [5, 5.41) is 4.77. The maximum atomic E-state index is 13.7. The van der Waals surface area contributed by atoms with Gasteiger partial charge in [0.05, 0.1) is 7.14 Å². The number of ether oxygens (including phenoxy) is 1. The van der Waals surface area contributed by atoms with Crippen LogP contribution in [0.25, 0.3) is 6.08 Å². The fourth-order valence-electron chi connectivity index (χ4n) is 2.34. The molecule has 0 radical (unpaired) electrons. The van der Waals surface area contributed by atoms with E-state index in [9.17, 15) is 14.0 Å². The van der Waals surface area contributed by atoms with Crippen molar-refractivity contribution in [1.29, 1.82) is 0 Å². The molecule has 0 saturated carbocycles. The first-order chi connectivity index (χ1) is 12.8. The molecule has 9 heteroatoms. The first kappa shape index (κ1) is 20.1. The lowest BCUT2D eigenvalue weighted by Crippen LogP contribution is -2.51. The van der Waals surface area contributed by atoms with Crippen molar-refractivity contribution in [3.05, 3.63) is 66.1 Å². The highest BCUT2D eigenvalue weighted by Gasteiger charge is 2.25. The topological polar surface area (TPSA) is 67.4 Å². The molecule has 2 aromatic rings. The van der Waals surface area contributed by atoms with Gasteiger partial charge in [-0.25, -0.2) is 4.39 Å². The Morgan fingerprint density at radius 3 is 2.26 bits per heavy atom. The standard InChI is InChI=1S/C18H11FI2N2O3S/c19-12-4-2-1-3-10(12)8-26-15-13(20)6-9(7-14(15)21)5-11-16(24)22-18(27)23-17(11)25/h1-7H,8H2,(H2,22,23,24,25,27). The monoisotopic (exact) mass is 608 g/mol. The van der Waals surface area contributed by atoms with Crippen LogP contribution in [0.2, 0.25) is 0 Å². The van der Waals surface area contributed by atoms with E-state index in [1.807, 2.05) is 0 Å². The second kappa shape index (κ2) is 8.61. The zero-order valence-electron chi connectivity index (χ0n) is 13.5. The number of benzene rings is 2. The van der Waals surface area contributed by atoms with Crippen LogP contribution in [0.1, 0.15) is 11.1 Å². The Morgan fingerprint density at radius 1 is 1.07 bits per heavy atom. The molecular weight excluding hydrogens is 597 g/mol. The Morgan fingerprint density at radius 2 is 1.67 bits per heavy atom. The molecule has 5 nitrogen and oxygen atoms in total. The van der Waals surface area contributed by atoms with E-state index in [2.05, 4.69) is 55.8 Å². The third kappa shape index (κ3) is 4.82. The molecule has 1 fully saturated rings. The summed E-state index contributed by atoms with van der Waals surface area (Å²) < 4.78 is 21.1. The van der Waals surface area contributed by atoms with E-state index in [1.54, 1.807) is 30.3 Å². The van der Waals surface area contributed by atoms with E-state index < -0.39 is 11.8 Å². The van der Waals surface area contributed by atoms with Gasteiger partial charge in [0.1, 0.15) is 23.7 Å². The first-order valence-electron chi connectivity index (χ1n) is 7.59. The number of carbonyl (C=O) groups excluding carboxylic acids is 2. The SMILES string of the molecule is O=C1NC(=S)NC(=O)C1=Cc1cc(I)c(OCc2ccccc2F)c(I)c1.